The molecule has 0 aliphatic rings. The van der Waals surface area contributed by atoms with E-state index in [1.807, 2.05) is 6.07 Å². The lowest BCUT2D eigenvalue weighted by Crippen LogP contribution is -2.32. The Morgan fingerprint density at radius 2 is 2.69 bits per heavy atom. The number of aromatic nitrogens is 2. The van der Waals surface area contributed by atoms with Gasteiger partial charge in [-0.05, 0) is 13.0 Å². The third-order valence-electron chi connectivity index (χ3n) is 1.52. The molecule has 13 heavy (non-hydrogen) atoms. The second kappa shape index (κ2) is 4.26. The fourth-order valence-corrected chi connectivity index (χ4v) is 0.872. The number of nitrogens with one attached hydrogen (secondary N) is 2. The van der Waals surface area contributed by atoms with E-state index in [1.165, 1.54) is 6.20 Å². The van der Waals surface area contributed by atoms with E-state index in [1.54, 1.807) is 13.0 Å². The molecule has 0 saturated heterocycles. The minimum Gasteiger partial charge on any atom is -0.347 e. The fraction of sp³-hybridized carbons (Fsp3) is 0.375. The van der Waals surface area contributed by atoms with Gasteiger partial charge in [0.1, 0.15) is 5.69 Å². The molecule has 1 amide bonds. The predicted molar refractivity (Wildman–Crippen MR) is 45.7 cm³/mol. The third-order valence-corrected chi connectivity index (χ3v) is 1.52. The summed E-state index contributed by atoms with van der Waals surface area (Å²) in [6.07, 6.45) is 1.81. The fourth-order valence-electron chi connectivity index (χ4n) is 0.872. The van der Waals surface area contributed by atoms with Crippen LogP contribution in [0, 0.1) is 11.3 Å². The first-order valence-corrected chi connectivity index (χ1v) is 3.91. The van der Waals surface area contributed by atoms with Gasteiger partial charge in [0, 0.05) is 12.2 Å². The maximum Gasteiger partial charge on any atom is 0.269 e. The van der Waals surface area contributed by atoms with Gasteiger partial charge in [0.25, 0.3) is 5.91 Å². The second-order valence-corrected chi connectivity index (χ2v) is 2.71. The average molecular weight is 178 g/mol. The number of aromatic amines is 1. The molecular weight excluding hydrogens is 168 g/mol. The average Bonchev–Trinajstić information content (AvgIpc) is 2.55. The molecule has 5 nitrogen and oxygen atoms in total. The molecule has 0 bridgehead atoms. The second-order valence-electron chi connectivity index (χ2n) is 2.71. The number of rotatable bonds is 3. The van der Waals surface area contributed by atoms with E-state index < -0.39 is 0 Å². The highest BCUT2D eigenvalue weighted by molar-refractivity contribution is 5.92. The Kier molecular flexibility index (Phi) is 3.03. The lowest BCUT2D eigenvalue weighted by molar-refractivity contribution is 0.0936. The van der Waals surface area contributed by atoms with Gasteiger partial charge in [-0.3, -0.25) is 9.89 Å². The summed E-state index contributed by atoms with van der Waals surface area (Å²) in [6.45, 7) is 1.78. The molecule has 5 heteroatoms. The van der Waals surface area contributed by atoms with Crippen LogP contribution in [-0.2, 0) is 0 Å². The zero-order valence-electron chi connectivity index (χ0n) is 7.24. The largest absolute Gasteiger partial charge is 0.347 e. The van der Waals surface area contributed by atoms with Crippen LogP contribution in [0.1, 0.15) is 23.8 Å². The molecular formula is C8H10N4O. The van der Waals surface area contributed by atoms with Crippen LogP contribution < -0.4 is 5.32 Å². The smallest absolute Gasteiger partial charge is 0.269 e. The predicted octanol–water partition coefficient (Wildman–Crippen LogP) is 0.442. The monoisotopic (exact) mass is 178 g/mol. The van der Waals surface area contributed by atoms with E-state index in [-0.39, 0.29) is 11.9 Å². The van der Waals surface area contributed by atoms with E-state index in [2.05, 4.69) is 15.5 Å². The number of carbonyl (C=O) groups excluding carboxylic acids is 1. The van der Waals surface area contributed by atoms with Crippen molar-refractivity contribution in [3.05, 3.63) is 18.0 Å². The van der Waals surface area contributed by atoms with Crippen molar-refractivity contribution in [1.29, 1.82) is 5.26 Å². The molecule has 0 radical (unpaired) electrons. The molecule has 1 aromatic heterocycles. The summed E-state index contributed by atoms with van der Waals surface area (Å²) in [5.74, 6) is -0.236. The molecule has 1 heterocycles. The van der Waals surface area contributed by atoms with Crippen molar-refractivity contribution in [3.63, 3.8) is 0 Å². The van der Waals surface area contributed by atoms with Gasteiger partial charge in [-0.25, -0.2) is 0 Å². The summed E-state index contributed by atoms with van der Waals surface area (Å²) >= 11 is 0. The van der Waals surface area contributed by atoms with E-state index in [0.717, 1.165) is 0 Å². The van der Waals surface area contributed by atoms with Crippen molar-refractivity contribution in [2.24, 2.45) is 0 Å². The van der Waals surface area contributed by atoms with Crippen LogP contribution in [0.3, 0.4) is 0 Å². The van der Waals surface area contributed by atoms with Crippen molar-refractivity contribution in [3.8, 4) is 6.07 Å². The highest BCUT2D eigenvalue weighted by atomic mass is 16.2. The molecule has 1 atom stereocenters. The van der Waals surface area contributed by atoms with Gasteiger partial charge in [0.15, 0.2) is 0 Å². The van der Waals surface area contributed by atoms with Crippen LogP contribution in [0.5, 0.6) is 0 Å². The molecule has 0 aliphatic heterocycles. The number of nitriles is 1. The molecule has 1 aromatic rings. The summed E-state index contributed by atoms with van der Waals surface area (Å²) in [5.41, 5.74) is 0.407. The number of hydrogen-bond donors (Lipinski definition) is 2. The first-order valence-electron chi connectivity index (χ1n) is 3.91. The van der Waals surface area contributed by atoms with Crippen molar-refractivity contribution in [2.75, 3.05) is 0 Å². The van der Waals surface area contributed by atoms with Gasteiger partial charge in [0.05, 0.1) is 12.5 Å². The first kappa shape index (κ1) is 9.26. The third kappa shape index (κ3) is 2.60. The van der Waals surface area contributed by atoms with Gasteiger partial charge in [-0.15, -0.1) is 0 Å². The quantitative estimate of drug-likeness (QED) is 0.704. The number of hydrogen-bond acceptors (Lipinski definition) is 3. The van der Waals surface area contributed by atoms with E-state index in [4.69, 9.17) is 5.26 Å². The minimum atomic E-state index is -0.236. The SMILES string of the molecule is CC(CC#N)NC(=O)c1ccn[nH]1. The zero-order valence-corrected chi connectivity index (χ0v) is 7.24. The highest BCUT2D eigenvalue weighted by Gasteiger charge is 2.09. The first-order chi connectivity index (χ1) is 6.24. The van der Waals surface area contributed by atoms with Gasteiger partial charge < -0.3 is 5.32 Å². The summed E-state index contributed by atoms with van der Waals surface area (Å²) in [4.78, 5) is 11.3. The molecule has 0 saturated carbocycles. The van der Waals surface area contributed by atoms with Crippen molar-refractivity contribution < 1.29 is 4.79 Å². The van der Waals surface area contributed by atoms with Gasteiger partial charge in [-0.2, -0.15) is 10.4 Å². The zero-order chi connectivity index (χ0) is 9.68. The van der Waals surface area contributed by atoms with Crippen LogP contribution in [0.2, 0.25) is 0 Å². The van der Waals surface area contributed by atoms with E-state index >= 15 is 0 Å². The highest BCUT2D eigenvalue weighted by Crippen LogP contribution is 1.94. The normalized spacial score (nSPS) is 11.7. The number of amides is 1. The van der Waals surface area contributed by atoms with Crippen LogP contribution >= 0.6 is 0 Å². The van der Waals surface area contributed by atoms with Crippen LogP contribution in [0.4, 0.5) is 0 Å². The Balaban J connectivity index is 2.48. The maximum atomic E-state index is 11.3. The number of nitrogens with zero attached hydrogens (tertiary/aromatic N) is 2. The Morgan fingerprint density at radius 3 is 3.23 bits per heavy atom. The molecule has 2 N–H and O–H groups in total. The summed E-state index contributed by atoms with van der Waals surface area (Å²) in [7, 11) is 0. The van der Waals surface area contributed by atoms with Crippen molar-refractivity contribution >= 4 is 5.91 Å². The Morgan fingerprint density at radius 1 is 1.92 bits per heavy atom. The molecule has 0 aliphatic carbocycles. The number of H-pyrrole nitrogens is 1. The topological polar surface area (TPSA) is 81.6 Å². The summed E-state index contributed by atoms with van der Waals surface area (Å²) in [5, 5.41) is 17.2. The Bertz CT molecular complexity index is 311. The van der Waals surface area contributed by atoms with E-state index in [9.17, 15) is 4.79 Å². The maximum absolute atomic E-state index is 11.3. The van der Waals surface area contributed by atoms with Crippen LogP contribution in [-0.4, -0.2) is 22.1 Å². The molecule has 68 valence electrons. The molecule has 1 unspecified atom stereocenters. The van der Waals surface area contributed by atoms with Gasteiger partial charge >= 0.3 is 0 Å². The van der Waals surface area contributed by atoms with Gasteiger partial charge in [-0.1, -0.05) is 0 Å². The lowest BCUT2D eigenvalue weighted by Gasteiger charge is -2.08. The minimum absolute atomic E-state index is 0.138. The molecule has 0 spiro atoms. The van der Waals surface area contributed by atoms with Crippen molar-refractivity contribution in [2.45, 2.75) is 19.4 Å². The van der Waals surface area contributed by atoms with Crippen molar-refractivity contribution in [1.82, 2.24) is 15.5 Å². The van der Waals surface area contributed by atoms with Crippen LogP contribution in [0.25, 0.3) is 0 Å². The summed E-state index contributed by atoms with van der Waals surface area (Å²) in [6, 6.07) is 3.42. The molecule has 1 rings (SSSR count). The van der Waals surface area contributed by atoms with E-state index in [0.29, 0.717) is 12.1 Å². The number of carbonyl (C=O) groups is 1. The Hall–Kier alpha value is -1.83. The van der Waals surface area contributed by atoms with Gasteiger partial charge in [0.2, 0.25) is 0 Å². The standard InChI is InChI=1S/C8H10N4O/c1-6(2-4-9)11-8(13)7-3-5-10-12-7/h3,5-6H,2H2,1H3,(H,10,12)(H,11,13). The molecule has 0 aromatic carbocycles. The lowest BCUT2D eigenvalue weighted by atomic mass is 10.2. The Labute approximate surface area is 75.8 Å². The summed E-state index contributed by atoms with van der Waals surface area (Å²) < 4.78 is 0. The molecule has 0 fully saturated rings. The van der Waals surface area contributed by atoms with Crippen LogP contribution in [0.15, 0.2) is 12.3 Å².